The first-order chi connectivity index (χ1) is 27.1. The fraction of sp³-hybridized carbons (Fsp3) is 0. The van der Waals surface area contributed by atoms with E-state index >= 15 is 0 Å². The number of hydrogen-bond acceptors (Lipinski definition) is 1. The zero-order valence-corrected chi connectivity index (χ0v) is 30.2. The van der Waals surface area contributed by atoms with E-state index in [0.29, 0.717) is 5.39 Å². The zero-order chi connectivity index (χ0) is 37.0. The van der Waals surface area contributed by atoms with Gasteiger partial charge in [0.2, 0.25) is 0 Å². The van der Waals surface area contributed by atoms with Crippen LogP contribution in [-0.2, 0) is 0 Å². The van der Waals surface area contributed by atoms with Gasteiger partial charge in [-0.3, -0.25) is 9.36 Å². The van der Waals surface area contributed by atoms with Crippen molar-refractivity contribution < 1.29 is 0 Å². The molecule has 0 atom stereocenters. The van der Waals surface area contributed by atoms with Gasteiger partial charge in [0.25, 0.3) is 5.56 Å². The number of fused-ring (bicyclic) bond motifs is 6. The quantitative estimate of drug-likeness (QED) is 0.158. The van der Waals surface area contributed by atoms with E-state index in [9.17, 15) is 4.79 Å². The second-order valence-electron chi connectivity index (χ2n) is 14.1. The molecule has 0 spiro atoms. The fourth-order valence-electron chi connectivity index (χ4n) is 8.69. The van der Waals surface area contributed by atoms with Crippen LogP contribution >= 0.6 is 0 Å². The Balaban J connectivity index is 1.32. The van der Waals surface area contributed by atoms with Crippen molar-refractivity contribution in [1.82, 2.24) is 4.57 Å². The van der Waals surface area contributed by atoms with E-state index in [-0.39, 0.29) is 5.56 Å². The summed E-state index contributed by atoms with van der Waals surface area (Å²) in [5.41, 5.74) is 10.5. The number of aromatic nitrogens is 1. The average Bonchev–Trinajstić information content (AvgIpc) is 3.25. The highest BCUT2D eigenvalue weighted by molar-refractivity contribution is 6.18. The van der Waals surface area contributed by atoms with E-state index < -0.39 is 0 Å². The second kappa shape index (κ2) is 13.0. The minimum Gasteiger partial charge on any atom is -0.276 e. The molecule has 0 aliphatic heterocycles. The van der Waals surface area contributed by atoms with Crippen LogP contribution in [0, 0.1) is 0 Å². The summed E-state index contributed by atoms with van der Waals surface area (Å²) in [6.45, 7) is 8.81. The van der Waals surface area contributed by atoms with Crippen LogP contribution in [0.3, 0.4) is 0 Å². The standard InChI is InChI=1S/C53H35NO/c1-3-39-40(4-2)52(45-27-15-19-35-17-9-11-23-42(35)45)49-33-36(28-30-46(49)51(39)44-26-14-18-34-16-8-10-22-41(34)44)37-29-31-50-48(32-37)43-24-12-13-25-47(43)53(55)54(50)38-20-6-5-7-21-38/h3-33H,1-2H2. The lowest BCUT2D eigenvalue weighted by Crippen LogP contribution is -2.19. The van der Waals surface area contributed by atoms with Crippen LogP contribution in [0.25, 0.3) is 105 Å². The molecule has 0 amide bonds. The lowest BCUT2D eigenvalue weighted by Gasteiger charge is -2.22. The van der Waals surface area contributed by atoms with Crippen molar-refractivity contribution in [2.75, 3.05) is 0 Å². The summed E-state index contributed by atoms with van der Waals surface area (Å²) < 4.78 is 1.84. The van der Waals surface area contributed by atoms with Gasteiger partial charge in [0.05, 0.1) is 5.52 Å². The van der Waals surface area contributed by atoms with Gasteiger partial charge in [0.1, 0.15) is 0 Å². The van der Waals surface area contributed by atoms with Crippen LogP contribution in [0.4, 0.5) is 0 Å². The van der Waals surface area contributed by atoms with Crippen LogP contribution in [0.15, 0.2) is 194 Å². The monoisotopic (exact) mass is 701 g/mol. The van der Waals surface area contributed by atoms with Crippen LogP contribution < -0.4 is 5.56 Å². The summed E-state index contributed by atoms with van der Waals surface area (Å²) >= 11 is 0. The van der Waals surface area contributed by atoms with Crippen molar-refractivity contribution in [2.24, 2.45) is 0 Å². The van der Waals surface area contributed by atoms with Gasteiger partial charge in [0.15, 0.2) is 0 Å². The van der Waals surface area contributed by atoms with E-state index in [1.54, 1.807) is 0 Å². The Labute approximate surface area is 319 Å². The largest absolute Gasteiger partial charge is 0.276 e. The molecule has 0 saturated heterocycles. The number of hydrogen-bond donors (Lipinski definition) is 0. The molecule has 258 valence electrons. The van der Waals surface area contributed by atoms with E-state index in [4.69, 9.17) is 0 Å². The Kier molecular flexibility index (Phi) is 7.64. The normalized spacial score (nSPS) is 11.5. The van der Waals surface area contributed by atoms with Gasteiger partial charge in [-0.15, -0.1) is 0 Å². The molecule has 1 aromatic heterocycles. The minimum absolute atomic E-state index is 0.0246. The second-order valence-corrected chi connectivity index (χ2v) is 14.1. The average molecular weight is 702 g/mol. The highest BCUT2D eigenvalue weighted by Crippen LogP contribution is 2.47. The van der Waals surface area contributed by atoms with Crippen LogP contribution in [0.2, 0.25) is 0 Å². The first-order valence-corrected chi connectivity index (χ1v) is 18.6. The molecule has 0 saturated carbocycles. The molecule has 0 bridgehead atoms. The molecular weight excluding hydrogens is 667 g/mol. The molecule has 2 heteroatoms. The molecule has 55 heavy (non-hydrogen) atoms. The van der Waals surface area contributed by atoms with Crippen molar-refractivity contribution in [3.8, 4) is 39.1 Å². The van der Waals surface area contributed by atoms with Crippen LogP contribution in [0.5, 0.6) is 0 Å². The molecule has 2 nitrogen and oxygen atoms in total. The lowest BCUT2D eigenvalue weighted by atomic mass is 9.81. The van der Waals surface area contributed by atoms with E-state index in [0.717, 1.165) is 77.3 Å². The summed E-state index contributed by atoms with van der Waals surface area (Å²) in [6.07, 6.45) is 4.00. The van der Waals surface area contributed by atoms with Gasteiger partial charge < -0.3 is 0 Å². The molecule has 0 aliphatic carbocycles. The number of pyridine rings is 1. The summed E-state index contributed by atoms with van der Waals surface area (Å²) in [5, 5.41) is 9.69. The van der Waals surface area contributed by atoms with E-state index in [1.807, 2.05) is 65.3 Å². The minimum atomic E-state index is -0.0246. The molecule has 0 radical (unpaired) electrons. The Morgan fingerprint density at radius 2 is 0.891 bits per heavy atom. The Hall–Kier alpha value is -7.29. The molecule has 0 N–H and O–H groups in total. The molecule has 0 unspecified atom stereocenters. The molecule has 10 rings (SSSR count). The van der Waals surface area contributed by atoms with Gasteiger partial charge in [-0.05, 0) is 119 Å². The summed E-state index contributed by atoms with van der Waals surface area (Å²) in [4.78, 5) is 14.0. The number of nitrogens with zero attached hydrogens (tertiary/aromatic N) is 1. The Bertz CT molecular complexity index is 3250. The first-order valence-electron chi connectivity index (χ1n) is 18.6. The molecule has 1 heterocycles. The summed E-state index contributed by atoms with van der Waals surface area (Å²) in [7, 11) is 0. The first kappa shape index (κ1) is 32.4. The highest BCUT2D eigenvalue weighted by Gasteiger charge is 2.22. The predicted octanol–water partition coefficient (Wildman–Crippen LogP) is 13.9. The highest BCUT2D eigenvalue weighted by atomic mass is 16.1. The molecular formula is C53H35NO. The molecule has 9 aromatic carbocycles. The van der Waals surface area contributed by atoms with Gasteiger partial charge in [-0.25, -0.2) is 0 Å². The van der Waals surface area contributed by atoms with Gasteiger partial charge >= 0.3 is 0 Å². The van der Waals surface area contributed by atoms with Crippen molar-refractivity contribution in [1.29, 1.82) is 0 Å². The maximum Gasteiger partial charge on any atom is 0.263 e. The topological polar surface area (TPSA) is 22.0 Å². The van der Waals surface area contributed by atoms with Gasteiger partial charge in [0, 0.05) is 16.5 Å². The Morgan fingerprint density at radius 3 is 1.51 bits per heavy atom. The fourth-order valence-corrected chi connectivity index (χ4v) is 8.69. The Morgan fingerprint density at radius 1 is 0.400 bits per heavy atom. The third kappa shape index (κ3) is 5.07. The summed E-state index contributed by atoms with van der Waals surface area (Å²) in [5.74, 6) is 0. The van der Waals surface area contributed by atoms with E-state index in [2.05, 4.69) is 141 Å². The number of para-hydroxylation sites is 1. The zero-order valence-electron chi connectivity index (χ0n) is 30.2. The van der Waals surface area contributed by atoms with Crippen molar-refractivity contribution in [2.45, 2.75) is 0 Å². The van der Waals surface area contributed by atoms with Crippen LogP contribution in [-0.4, -0.2) is 4.57 Å². The number of rotatable bonds is 6. The molecule has 0 aliphatic rings. The SMILES string of the molecule is C=Cc1c(C=C)c(-c2cccc3ccccc23)c2cc(-c3ccc4c(c3)c3ccccc3c(=O)n4-c3ccccc3)ccc2c1-c1cccc2ccccc12. The number of benzene rings is 9. The third-order valence-electron chi connectivity index (χ3n) is 11.1. The third-order valence-corrected chi connectivity index (χ3v) is 11.1. The van der Waals surface area contributed by atoms with Gasteiger partial charge in [-0.2, -0.15) is 0 Å². The van der Waals surface area contributed by atoms with Crippen molar-refractivity contribution in [3.05, 3.63) is 211 Å². The van der Waals surface area contributed by atoms with Crippen LogP contribution in [0.1, 0.15) is 11.1 Å². The smallest absolute Gasteiger partial charge is 0.263 e. The summed E-state index contributed by atoms with van der Waals surface area (Å²) in [6, 6.07) is 61.4. The molecule has 0 fully saturated rings. The van der Waals surface area contributed by atoms with Gasteiger partial charge in [-0.1, -0.05) is 165 Å². The van der Waals surface area contributed by atoms with Crippen molar-refractivity contribution >= 4 is 66.1 Å². The maximum absolute atomic E-state index is 14.0. The predicted molar refractivity (Wildman–Crippen MR) is 236 cm³/mol. The van der Waals surface area contributed by atoms with Crippen molar-refractivity contribution in [3.63, 3.8) is 0 Å². The lowest BCUT2D eigenvalue weighted by molar-refractivity contribution is 1.06. The molecule has 10 aromatic rings. The van der Waals surface area contributed by atoms with E-state index in [1.165, 1.54) is 21.5 Å². The maximum atomic E-state index is 14.0.